The third kappa shape index (κ3) is 6.40. The average molecular weight is 464 g/mol. The fourth-order valence-corrected chi connectivity index (χ4v) is 3.32. The number of hydrogen-bond donors (Lipinski definition) is 3. The molecule has 1 aliphatic rings. The SMILES string of the molecule is CN=C(NCCNS(=O)(=O)c1ccc(C)cc1)NC1CC=CC1.I. The van der Waals surface area contributed by atoms with Crippen molar-refractivity contribution in [2.24, 2.45) is 4.99 Å². The highest BCUT2D eigenvalue weighted by atomic mass is 127. The molecule has 0 radical (unpaired) electrons. The van der Waals surface area contributed by atoms with Gasteiger partial charge in [0.15, 0.2) is 5.96 Å². The summed E-state index contributed by atoms with van der Waals surface area (Å²) in [6.45, 7) is 2.68. The Labute approximate surface area is 161 Å². The summed E-state index contributed by atoms with van der Waals surface area (Å²) in [5.41, 5.74) is 1.03. The van der Waals surface area contributed by atoms with Crippen molar-refractivity contribution in [1.82, 2.24) is 15.4 Å². The van der Waals surface area contributed by atoms with Crippen LogP contribution in [0, 0.1) is 6.92 Å². The molecule has 134 valence electrons. The van der Waals surface area contributed by atoms with Crippen LogP contribution in [0.4, 0.5) is 0 Å². The lowest BCUT2D eigenvalue weighted by molar-refractivity contribution is 0.579. The lowest BCUT2D eigenvalue weighted by Crippen LogP contribution is -2.45. The summed E-state index contributed by atoms with van der Waals surface area (Å²) in [6, 6.07) is 7.16. The molecule has 24 heavy (non-hydrogen) atoms. The van der Waals surface area contributed by atoms with Crippen LogP contribution in [0.15, 0.2) is 46.3 Å². The predicted octanol–water partition coefficient (Wildman–Crippen LogP) is 1.77. The first kappa shape index (κ1) is 20.9. The van der Waals surface area contributed by atoms with Gasteiger partial charge >= 0.3 is 0 Å². The van der Waals surface area contributed by atoms with E-state index in [0.29, 0.717) is 25.1 Å². The Hall–Kier alpha value is -1.13. The van der Waals surface area contributed by atoms with E-state index in [2.05, 4.69) is 32.5 Å². The van der Waals surface area contributed by atoms with Crippen LogP contribution in [0.25, 0.3) is 0 Å². The Morgan fingerprint density at radius 2 is 1.79 bits per heavy atom. The molecule has 0 spiro atoms. The predicted molar refractivity (Wildman–Crippen MR) is 108 cm³/mol. The molecule has 1 aromatic carbocycles. The van der Waals surface area contributed by atoms with Gasteiger partial charge in [0.1, 0.15) is 0 Å². The van der Waals surface area contributed by atoms with Crippen molar-refractivity contribution in [3.63, 3.8) is 0 Å². The Morgan fingerprint density at radius 3 is 2.38 bits per heavy atom. The van der Waals surface area contributed by atoms with Gasteiger partial charge in [-0.25, -0.2) is 13.1 Å². The highest BCUT2D eigenvalue weighted by Gasteiger charge is 2.14. The molecule has 0 bridgehead atoms. The molecule has 0 aliphatic heterocycles. The topological polar surface area (TPSA) is 82.6 Å². The molecule has 0 saturated carbocycles. The van der Waals surface area contributed by atoms with Gasteiger partial charge in [-0.05, 0) is 31.9 Å². The Kier molecular flexibility index (Phi) is 8.71. The zero-order valence-corrected chi connectivity index (χ0v) is 17.1. The van der Waals surface area contributed by atoms with Crippen LogP contribution in [0.2, 0.25) is 0 Å². The summed E-state index contributed by atoms with van der Waals surface area (Å²) < 4.78 is 26.9. The van der Waals surface area contributed by atoms with Crippen molar-refractivity contribution in [2.75, 3.05) is 20.1 Å². The summed E-state index contributed by atoms with van der Waals surface area (Å²) in [7, 11) is -1.76. The molecule has 6 nitrogen and oxygen atoms in total. The monoisotopic (exact) mass is 464 g/mol. The molecule has 1 aliphatic carbocycles. The van der Waals surface area contributed by atoms with Gasteiger partial charge in [-0.15, -0.1) is 24.0 Å². The maximum Gasteiger partial charge on any atom is 0.240 e. The highest BCUT2D eigenvalue weighted by Crippen LogP contribution is 2.09. The molecule has 0 saturated heterocycles. The van der Waals surface area contributed by atoms with Crippen molar-refractivity contribution in [3.8, 4) is 0 Å². The largest absolute Gasteiger partial charge is 0.355 e. The molecule has 0 atom stereocenters. The number of sulfonamides is 1. The van der Waals surface area contributed by atoms with Gasteiger partial charge in [0, 0.05) is 26.2 Å². The maximum absolute atomic E-state index is 12.1. The summed E-state index contributed by atoms with van der Waals surface area (Å²) >= 11 is 0. The van der Waals surface area contributed by atoms with Crippen molar-refractivity contribution < 1.29 is 8.42 Å². The number of guanidine groups is 1. The third-order valence-corrected chi connectivity index (χ3v) is 5.09. The summed E-state index contributed by atoms with van der Waals surface area (Å²) in [5.74, 6) is 0.688. The van der Waals surface area contributed by atoms with Crippen LogP contribution in [0.3, 0.4) is 0 Å². The van der Waals surface area contributed by atoms with Crippen molar-refractivity contribution in [2.45, 2.75) is 30.7 Å². The van der Waals surface area contributed by atoms with E-state index < -0.39 is 10.0 Å². The number of benzene rings is 1. The molecule has 1 aromatic rings. The zero-order chi connectivity index (χ0) is 16.7. The molecular formula is C16H25IN4O2S. The molecule has 0 fully saturated rings. The molecular weight excluding hydrogens is 439 g/mol. The summed E-state index contributed by atoms with van der Waals surface area (Å²) in [5, 5.41) is 6.41. The minimum absolute atomic E-state index is 0. The molecule has 0 unspecified atom stereocenters. The van der Waals surface area contributed by atoms with Gasteiger partial charge in [0.25, 0.3) is 0 Å². The Balaban J connectivity index is 0.00000288. The van der Waals surface area contributed by atoms with E-state index in [9.17, 15) is 8.42 Å². The lowest BCUT2D eigenvalue weighted by Gasteiger charge is -2.17. The molecule has 8 heteroatoms. The number of hydrogen-bond acceptors (Lipinski definition) is 3. The van der Waals surface area contributed by atoms with E-state index >= 15 is 0 Å². The van der Waals surface area contributed by atoms with Gasteiger partial charge in [-0.3, -0.25) is 4.99 Å². The zero-order valence-electron chi connectivity index (χ0n) is 14.0. The normalized spacial score (nSPS) is 15.2. The van der Waals surface area contributed by atoms with Crippen LogP contribution in [-0.2, 0) is 10.0 Å². The first-order valence-corrected chi connectivity index (χ1v) is 9.18. The minimum atomic E-state index is -3.46. The number of nitrogens with zero attached hydrogens (tertiary/aromatic N) is 1. The quantitative estimate of drug-likeness (QED) is 0.197. The number of aliphatic imine (C=N–C) groups is 1. The molecule has 0 heterocycles. The van der Waals surface area contributed by atoms with Crippen LogP contribution >= 0.6 is 24.0 Å². The number of aryl methyl sites for hydroxylation is 1. The van der Waals surface area contributed by atoms with E-state index in [0.717, 1.165) is 18.4 Å². The van der Waals surface area contributed by atoms with E-state index in [-0.39, 0.29) is 28.9 Å². The summed E-state index contributed by atoms with van der Waals surface area (Å²) in [6.07, 6.45) is 6.25. The Morgan fingerprint density at radius 1 is 1.17 bits per heavy atom. The molecule has 0 amide bonds. The van der Waals surface area contributed by atoms with Crippen LogP contribution in [-0.4, -0.2) is 40.6 Å². The van der Waals surface area contributed by atoms with Crippen LogP contribution in [0.1, 0.15) is 18.4 Å². The maximum atomic E-state index is 12.1. The molecule has 2 rings (SSSR count). The highest BCUT2D eigenvalue weighted by molar-refractivity contribution is 14.0. The first-order chi connectivity index (χ1) is 11.0. The summed E-state index contributed by atoms with van der Waals surface area (Å²) in [4.78, 5) is 4.42. The molecule has 3 N–H and O–H groups in total. The fourth-order valence-electron chi connectivity index (χ4n) is 2.29. The van der Waals surface area contributed by atoms with E-state index in [4.69, 9.17) is 0 Å². The fraction of sp³-hybridized carbons (Fsp3) is 0.438. The van der Waals surface area contributed by atoms with E-state index in [1.54, 1.807) is 31.3 Å². The second-order valence-electron chi connectivity index (χ2n) is 5.49. The second-order valence-corrected chi connectivity index (χ2v) is 7.26. The average Bonchev–Trinajstić information content (AvgIpc) is 3.03. The van der Waals surface area contributed by atoms with Gasteiger partial charge < -0.3 is 10.6 Å². The standard InChI is InChI=1S/C16H24N4O2S.HI/c1-13-7-9-15(10-8-13)23(21,22)19-12-11-18-16(17-2)20-14-5-3-4-6-14;/h3-4,7-10,14,19H,5-6,11-12H2,1-2H3,(H2,17,18,20);1H. The Bertz CT molecular complexity index is 664. The van der Waals surface area contributed by atoms with Crippen molar-refractivity contribution in [3.05, 3.63) is 42.0 Å². The van der Waals surface area contributed by atoms with E-state index in [1.807, 2.05) is 6.92 Å². The van der Waals surface area contributed by atoms with Crippen LogP contribution in [0.5, 0.6) is 0 Å². The molecule has 0 aromatic heterocycles. The lowest BCUT2D eigenvalue weighted by atomic mass is 10.2. The van der Waals surface area contributed by atoms with Gasteiger partial charge in [0.2, 0.25) is 10.0 Å². The first-order valence-electron chi connectivity index (χ1n) is 7.70. The van der Waals surface area contributed by atoms with Crippen LogP contribution < -0.4 is 15.4 Å². The smallest absolute Gasteiger partial charge is 0.240 e. The van der Waals surface area contributed by atoms with Gasteiger partial charge in [0.05, 0.1) is 4.90 Å². The minimum Gasteiger partial charge on any atom is -0.355 e. The number of halogens is 1. The van der Waals surface area contributed by atoms with Gasteiger partial charge in [-0.2, -0.15) is 0 Å². The number of nitrogens with one attached hydrogen (secondary N) is 3. The van der Waals surface area contributed by atoms with Crippen molar-refractivity contribution >= 4 is 40.0 Å². The van der Waals surface area contributed by atoms with E-state index in [1.165, 1.54) is 0 Å². The van der Waals surface area contributed by atoms with Gasteiger partial charge in [-0.1, -0.05) is 29.8 Å². The third-order valence-electron chi connectivity index (χ3n) is 3.61. The van der Waals surface area contributed by atoms with Crippen molar-refractivity contribution in [1.29, 1.82) is 0 Å². The number of rotatable bonds is 6. The second kappa shape index (κ2) is 10.00.